The molecule has 1 amide bonds. The highest BCUT2D eigenvalue weighted by Gasteiger charge is 2.63. The van der Waals surface area contributed by atoms with E-state index in [1.54, 1.807) is 25.1 Å². The van der Waals surface area contributed by atoms with E-state index in [0.29, 0.717) is 34.1 Å². The normalized spacial score (nSPS) is 22.3. The van der Waals surface area contributed by atoms with Crippen LogP contribution < -0.4 is 16.0 Å². The van der Waals surface area contributed by atoms with Crippen molar-refractivity contribution in [2.24, 2.45) is 11.1 Å². The maximum atomic E-state index is 14.1. The van der Waals surface area contributed by atoms with Gasteiger partial charge in [0, 0.05) is 39.7 Å². The molecule has 37 heavy (non-hydrogen) atoms. The zero-order valence-corrected chi connectivity index (χ0v) is 21.9. The summed E-state index contributed by atoms with van der Waals surface area (Å²) >= 11 is 12.5. The molecule has 5 rings (SSSR count). The highest BCUT2D eigenvalue weighted by Crippen LogP contribution is 2.57. The number of hydrogen-bond donors (Lipinski definition) is 2. The van der Waals surface area contributed by atoms with Gasteiger partial charge in [0.05, 0.1) is 11.6 Å². The van der Waals surface area contributed by atoms with Crippen LogP contribution in [0.3, 0.4) is 0 Å². The lowest BCUT2D eigenvalue weighted by molar-refractivity contribution is -0.140. The van der Waals surface area contributed by atoms with Crippen LogP contribution in [-0.2, 0) is 24.5 Å². The monoisotopic (exact) mass is 543 g/mol. The number of ketones is 1. The smallest absolute Gasteiger partial charge is 0.339 e. The maximum Gasteiger partial charge on any atom is 0.339 e. The van der Waals surface area contributed by atoms with Crippen LogP contribution in [0.1, 0.15) is 39.2 Å². The lowest BCUT2D eigenvalue weighted by atomic mass is 9.60. The number of Topliss-reactive ketones (excluding diaryl/α,β-unsaturated/α-hetero) is 1. The summed E-state index contributed by atoms with van der Waals surface area (Å²) in [5.41, 5.74) is 5.79. The van der Waals surface area contributed by atoms with E-state index in [9.17, 15) is 18.8 Å². The van der Waals surface area contributed by atoms with E-state index in [1.165, 1.54) is 23.1 Å². The number of nitrogens with two attached hydrogens (primary N) is 1. The van der Waals surface area contributed by atoms with Gasteiger partial charge in [0.15, 0.2) is 5.78 Å². The summed E-state index contributed by atoms with van der Waals surface area (Å²) in [6.45, 7) is 5.49. The number of carbonyl (C=O) groups is 3. The number of amides is 1. The summed E-state index contributed by atoms with van der Waals surface area (Å²) < 4.78 is 19.5. The Morgan fingerprint density at radius 3 is 2.57 bits per heavy atom. The van der Waals surface area contributed by atoms with Gasteiger partial charge in [-0.15, -0.1) is 0 Å². The van der Waals surface area contributed by atoms with Crippen molar-refractivity contribution in [3.05, 3.63) is 80.5 Å². The fourth-order valence-corrected chi connectivity index (χ4v) is 5.98. The topological polar surface area (TPSA) is 102 Å². The predicted molar refractivity (Wildman–Crippen MR) is 139 cm³/mol. The van der Waals surface area contributed by atoms with Crippen LogP contribution in [0.15, 0.2) is 59.1 Å². The highest BCUT2D eigenvalue weighted by molar-refractivity contribution is 6.32. The van der Waals surface area contributed by atoms with Crippen molar-refractivity contribution in [2.75, 3.05) is 16.8 Å². The lowest BCUT2D eigenvalue weighted by Gasteiger charge is -2.47. The second-order valence-corrected chi connectivity index (χ2v) is 10.9. The van der Waals surface area contributed by atoms with Gasteiger partial charge < -0.3 is 15.8 Å². The molecule has 3 N–H and O–H groups in total. The van der Waals surface area contributed by atoms with E-state index in [2.05, 4.69) is 5.32 Å². The van der Waals surface area contributed by atoms with Gasteiger partial charge in [0.25, 0.3) is 0 Å². The average Bonchev–Trinajstić information content (AvgIpc) is 3.06. The summed E-state index contributed by atoms with van der Waals surface area (Å²) in [6, 6.07) is 8.77. The molecule has 2 heterocycles. The zero-order chi connectivity index (χ0) is 26.9. The molecule has 7 nitrogen and oxygen atoms in total. The van der Waals surface area contributed by atoms with Crippen molar-refractivity contribution < 1.29 is 23.5 Å². The number of benzene rings is 2. The van der Waals surface area contributed by atoms with Gasteiger partial charge in [-0.25, -0.2) is 9.18 Å². The third-order valence-electron chi connectivity index (χ3n) is 6.98. The molecular weight excluding hydrogens is 520 g/mol. The van der Waals surface area contributed by atoms with E-state index in [4.69, 9.17) is 33.7 Å². The molecular formula is C27H24Cl2FN3O4. The molecule has 0 radical (unpaired) electrons. The van der Waals surface area contributed by atoms with Crippen LogP contribution in [0.5, 0.6) is 0 Å². The Balaban J connectivity index is 1.93. The number of carbonyl (C=O) groups excluding carboxylic acids is 3. The minimum Gasteiger partial charge on any atom is -0.462 e. The Morgan fingerprint density at radius 1 is 1.16 bits per heavy atom. The molecule has 0 saturated carbocycles. The van der Waals surface area contributed by atoms with Crippen LogP contribution in [-0.4, -0.2) is 24.3 Å². The first-order valence-electron chi connectivity index (χ1n) is 11.7. The first kappa shape index (κ1) is 25.3. The van der Waals surface area contributed by atoms with Crippen LogP contribution in [0.25, 0.3) is 0 Å². The number of allylic oxidation sites excluding steroid dienone is 1. The molecule has 0 saturated heterocycles. The fourth-order valence-electron chi connectivity index (χ4n) is 5.63. The summed E-state index contributed by atoms with van der Waals surface area (Å²) in [4.78, 5) is 43.0. The number of nitrogens with zero attached hydrogens (tertiary/aromatic N) is 1. The molecule has 2 aromatic rings. The van der Waals surface area contributed by atoms with Gasteiger partial charge in [0.2, 0.25) is 5.91 Å². The van der Waals surface area contributed by atoms with Gasteiger partial charge in [-0.3, -0.25) is 14.5 Å². The second-order valence-electron chi connectivity index (χ2n) is 10.1. The maximum absolute atomic E-state index is 14.1. The lowest BCUT2D eigenvalue weighted by Crippen LogP contribution is -2.54. The SMILES string of the molecule is CCOC(=O)C1=C(N)N(c2ccc(F)c(Cl)c2)C2=C(C(=O)CC(C)(C)C2)C12C(=O)Nc1ccc(Cl)cc12. The van der Waals surface area contributed by atoms with Gasteiger partial charge in [-0.2, -0.15) is 0 Å². The largest absolute Gasteiger partial charge is 0.462 e. The first-order chi connectivity index (χ1) is 17.4. The van der Waals surface area contributed by atoms with E-state index in [0.717, 1.165) is 0 Å². The number of anilines is 2. The van der Waals surface area contributed by atoms with Crippen molar-refractivity contribution in [1.82, 2.24) is 0 Å². The van der Waals surface area contributed by atoms with E-state index in [1.807, 2.05) is 13.8 Å². The standard InChI is InChI=1S/C27H24Cl2FN3O4/c1-4-37-24(35)22-23(31)33(14-6-7-17(30)16(29)10-14)19-11-26(2,3)12-20(34)21(19)27(22)15-9-13(28)5-8-18(15)32-25(27)36/h5-10H,4,11-12,31H2,1-3H3,(H,32,36). The van der Waals surface area contributed by atoms with Gasteiger partial charge in [-0.05, 0) is 55.2 Å². The molecule has 0 bridgehead atoms. The Labute approximate surface area is 223 Å². The van der Waals surface area contributed by atoms with Crippen molar-refractivity contribution in [1.29, 1.82) is 0 Å². The summed E-state index contributed by atoms with van der Waals surface area (Å²) in [5.74, 6) is -2.53. The number of esters is 1. The van der Waals surface area contributed by atoms with Crippen LogP contribution >= 0.6 is 23.2 Å². The predicted octanol–water partition coefficient (Wildman–Crippen LogP) is 5.22. The Hall–Kier alpha value is -3.36. The number of hydrogen-bond acceptors (Lipinski definition) is 6. The van der Waals surface area contributed by atoms with Gasteiger partial charge in [-0.1, -0.05) is 37.0 Å². The molecule has 1 aliphatic carbocycles. The first-order valence-corrected chi connectivity index (χ1v) is 12.5. The Morgan fingerprint density at radius 2 is 1.89 bits per heavy atom. The molecule has 1 unspecified atom stereocenters. The Bertz CT molecular complexity index is 1470. The summed E-state index contributed by atoms with van der Waals surface area (Å²) in [6.07, 6.45) is 0.468. The molecule has 0 fully saturated rings. The summed E-state index contributed by atoms with van der Waals surface area (Å²) in [7, 11) is 0. The van der Waals surface area contributed by atoms with E-state index < -0.39 is 28.5 Å². The molecule has 3 aliphatic rings. The third-order valence-corrected chi connectivity index (χ3v) is 7.51. The minimum atomic E-state index is -1.88. The van der Waals surface area contributed by atoms with Crippen molar-refractivity contribution >= 4 is 52.2 Å². The highest BCUT2D eigenvalue weighted by atomic mass is 35.5. The molecule has 2 aromatic carbocycles. The fraction of sp³-hybridized carbons (Fsp3) is 0.296. The van der Waals surface area contributed by atoms with E-state index in [-0.39, 0.29) is 40.8 Å². The van der Waals surface area contributed by atoms with Gasteiger partial charge in [0.1, 0.15) is 22.6 Å². The van der Waals surface area contributed by atoms with Crippen LogP contribution in [0.4, 0.5) is 15.8 Å². The average molecular weight is 544 g/mol. The van der Waals surface area contributed by atoms with Crippen LogP contribution in [0.2, 0.25) is 10.0 Å². The number of ether oxygens (including phenoxy) is 1. The molecule has 0 aromatic heterocycles. The van der Waals surface area contributed by atoms with Gasteiger partial charge >= 0.3 is 5.97 Å². The Kier molecular flexibility index (Phi) is 5.88. The number of nitrogens with one attached hydrogen (secondary N) is 1. The molecule has 192 valence electrons. The van der Waals surface area contributed by atoms with Crippen molar-refractivity contribution in [3.8, 4) is 0 Å². The van der Waals surface area contributed by atoms with Crippen molar-refractivity contribution in [2.45, 2.75) is 39.0 Å². The molecule has 10 heteroatoms. The number of fused-ring (bicyclic) bond motifs is 3. The number of halogens is 3. The van der Waals surface area contributed by atoms with E-state index >= 15 is 0 Å². The summed E-state index contributed by atoms with van der Waals surface area (Å²) in [5, 5.41) is 2.96. The quantitative estimate of drug-likeness (QED) is 0.514. The molecule has 1 spiro atoms. The molecule has 2 aliphatic heterocycles. The number of rotatable bonds is 3. The second kappa shape index (κ2) is 8.60. The van der Waals surface area contributed by atoms with Crippen molar-refractivity contribution in [3.63, 3.8) is 0 Å². The van der Waals surface area contributed by atoms with Crippen LogP contribution in [0, 0.1) is 11.2 Å². The minimum absolute atomic E-state index is 0.00493. The third kappa shape index (κ3) is 3.65. The zero-order valence-electron chi connectivity index (χ0n) is 20.4. The molecule has 1 atom stereocenters.